The van der Waals surface area contributed by atoms with E-state index < -0.39 is 42.3 Å². The summed E-state index contributed by atoms with van der Waals surface area (Å²) in [6.07, 6.45) is 3.32. The first-order chi connectivity index (χ1) is 26.2. The number of carboxylic acids is 1. The first-order valence-electron chi connectivity index (χ1n) is 17.7. The van der Waals surface area contributed by atoms with E-state index in [1.54, 1.807) is 7.05 Å². The molecule has 3 atom stereocenters. The Morgan fingerprint density at radius 2 is 1.64 bits per heavy atom. The highest BCUT2D eigenvalue weighted by Gasteiger charge is 2.30. The van der Waals surface area contributed by atoms with Crippen molar-refractivity contribution in [1.29, 1.82) is 0 Å². The summed E-state index contributed by atoms with van der Waals surface area (Å²) in [5.74, 6) is -1.98. The van der Waals surface area contributed by atoms with Gasteiger partial charge >= 0.3 is 5.97 Å². The van der Waals surface area contributed by atoms with Gasteiger partial charge in [-0.25, -0.2) is 4.98 Å². The minimum Gasteiger partial charge on any atom is -0.490 e. The molecule has 1 aliphatic carbocycles. The number of ether oxygens (including phenoxy) is 3. The Kier molecular flexibility index (Phi) is 16.4. The Labute approximate surface area is 324 Å². The summed E-state index contributed by atoms with van der Waals surface area (Å²) in [7, 11) is 2.98. The number of hydrogen-bond donors (Lipinski definition) is 5. The molecule has 16 nitrogen and oxygen atoms in total. The SMILES string of the molecule is CNC(COCc1ccccc1)C(=O)N[C@@H](COc1ccnc(OC)c1C(=O)N[C@@H](CC(=O)O)C(=O)NCCc1nc(C2CC2)no1)Cc1ccccc1.Cl. The number of hydrogen-bond acceptors (Lipinski definition) is 12. The highest BCUT2D eigenvalue weighted by Crippen LogP contribution is 2.38. The number of halogens is 1. The van der Waals surface area contributed by atoms with Crippen LogP contribution in [-0.4, -0.2) is 96.0 Å². The van der Waals surface area contributed by atoms with Gasteiger partial charge < -0.3 is 45.1 Å². The molecule has 17 heteroatoms. The Hall–Kier alpha value is -5.58. The fraction of sp³-hybridized carbons (Fsp3) is 0.395. The van der Waals surface area contributed by atoms with Crippen molar-refractivity contribution in [2.75, 3.05) is 33.9 Å². The number of carbonyl (C=O) groups excluding carboxylic acids is 3. The van der Waals surface area contributed by atoms with E-state index in [9.17, 15) is 24.3 Å². The molecule has 55 heavy (non-hydrogen) atoms. The minimum absolute atomic E-state index is 0. The van der Waals surface area contributed by atoms with Gasteiger partial charge in [-0.1, -0.05) is 65.8 Å². The number of pyridine rings is 1. The average molecular weight is 780 g/mol. The second kappa shape index (κ2) is 21.3. The molecule has 0 bridgehead atoms. The molecular formula is C38H46ClN7O9. The van der Waals surface area contributed by atoms with Gasteiger partial charge in [0.05, 0.1) is 32.8 Å². The molecule has 3 amide bonds. The van der Waals surface area contributed by atoms with Crippen molar-refractivity contribution in [2.24, 2.45) is 0 Å². The van der Waals surface area contributed by atoms with Crippen LogP contribution in [0.1, 0.15) is 58.4 Å². The summed E-state index contributed by atoms with van der Waals surface area (Å²) in [5.41, 5.74) is 1.75. The number of carboxylic acid groups (broad SMARTS) is 1. The summed E-state index contributed by atoms with van der Waals surface area (Å²) in [6.45, 7) is 0.454. The fourth-order valence-electron chi connectivity index (χ4n) is 5.52. The number of nitrogens with zero attached hydrogens (tertiary/aromatic N) is 3. The lowest BCUT2D eigenvalue weighted by Crippen LogP contribution is -2.51. The molecule has 5 N–H and O–H groups in total. The van der Waals surface area contributed by atoms with Crippen LogP contribution in [0.2, 0.25) is 0 Å². The van der Waals surface area contributed by atoms with E-state index in [1.165, 1.54) is 19.4 Å². The van der Waals surface area contributed by atoms with Gasteiger partial charge in [0.25, 0.3) is 5.91 Å². The number of benzene rings is 2. The third-order valence-electron chi connectivity index (χ3n) is 8.54. The Bertz CT molecular complexity index is 1840. The van der Waals surface area contributed by atoms with Crippen molar-refractivity contribution < 1.29 is 43.0 Å². The van der Waals surface area contributed by atoms with Gasteiger partial charge in [0.1, 0.15) is 30.0 Å². The largest absolute Gasteiger partial charge is 0.490 e. The minimum atomic E-state index is -1.45. The Balaban J connectivity index is 0.00000673. The summed E-state index contributed by atoms with van der Waals surface area (Å²) >= 11 is 0. The molecule has 4 aromatic rings. The predicted octanol–water partition coefficient (Wildman–Crippen LogP) is 2.62. The second-order valence-corrected chi connectivity index (χ2v) is 12.7. The van der Waals surface area contributed by atoms with Crippen molar-refractivity contribution in [3.63, 3.8) is 0 Å². The van der Waals surface area contributed by atoms with E-state index in [2.05, 4.69) is 36.4 Å². The maximum atomic E-state index is 13.7. The van der Waals surface area contributed by atoms with Crippen molar-refractivity contribution in [1.82, 2.24) is 36.4 Å². The van der Waals surface area contributed by atoms with Crippen molar-refractivity contribution in [3.8, 4) is 11.6 Å². The summed E-state index contributed by atoms with van der Waals surface area (Å²) in [5, 5.41) is 24.7. The molecule has 2 aromatic carbocycles. The van der Waals surface area contributed by atoms with E-state index in [-0.39, 0.29) is 61.7 Å². The highest BCUT2D eigenvalue weighted by molar-refractivity contribution is 6.02. The van der Waals surface area contributed by atoms with Crippen LogP contribution in [0.5, 0.6) is 11.6 Å². The normalized spacial score (nSPS) is 13.7. The smallest absolute Gasteiger partial charge is 0.305 e. The topological polar surface area (TPSA) is 216 Å². The molecule has 1 unspecified atom stereocenters. The first-order valence-corrected chi connectivity index (χ1v) is 17.7. The Morgan fingerprint density at radius 1 is 0.927 bits per heavy atom. The molecule has 1 fully saturated rings. The third-order valence-corrected chi connectivity index (χ3v) is 8.54. The molecule has 0 spiro atoms. The van der Waals surface area contributed by atoms with Gasteiger partial charge in [0.15, 0.2) is 5.82 Å². The molecule has 0 aliphatic heterocycles. The van der Waals surface area contributed by atoms with Gasteiger partial charge in [0.2, 0.25) is 23.6 Å². The van der Waals surface area contributed by atoms with Crippen LogP contribution in [-0.2, 0) is 38.6 Å². The van der Waals surface area contributed by atoms with E-state index in [1.807, 2.05) is 60.7 Å². The molecule has 2 heterocycles. The quantitative estimate of drug-likeness (QED) is 0.0777. The van der Waals surface area contributed by atoms with Crippen LogP contribution in [0.25, 0.3) is 0 Å². The maximum Gasteiger partial charge on any atom is 0.305 e. The van der Waals surface area contributed by atoms with Gasteiger partial charge in [-0.3, -0.25) is 19.2 Å². The maximum absolute atomic E-state index is 13.7. The number of methoxy groups -OCH3 is 1. The van der Waals surface area contributed by atoms with Crippen LogP contribution >= 0.6 is 12.4 Å². The van der Waals surface area contributed by atoms with Crippen LogP contribution in [0, 0.1) is 0 Å². The molecular weight excluding hydrogens is 734 g/mol. The lowest BCUT2D eigenvalue weighted by molar-refractivity contribution is -0.139. The highest BCUT2D eigenvalue weighted by atomic mass is 35.5. The van der Waals surface area contributed by atoms with E-state index in [0.717, 1.165) is 24.0 Å². The number of aliphatic carboxylic acids is 1. The monoisotopic (exact) mass is 779 g/mol. The summed E-state index contributed by atoms with van der Waals surface area (Å²) in [6, 6.07) is 17.9. The number of carbonyl (C=O) groups is 4. The van der Waals surface area contributed by atoms with Crippen LogP contribution in [0.15, 0.2) is 77.4 Å². The molecule has 1 aliphatic rings. The van der Waals surface area contributed by atoms with Gasteiger partial charge in [0, 0.05) is 25.1 Å². The lowest BCUT2D eigenvalue weighted by Gasteiger charge is -2.24. The lowest BCUT2D eigenvalue weighted by atomic mass is 10.1. The number of aromatic nitrogens is 3. The number of rotatable bonds is 22. The van der Waals surface area contributed by atoms with Crippen LogP contribution in [0.3, 0.4) is 0 Å². The van der Waals surface area contributed by atoms with Crippen molar-refractivity contribution in [2.45, 2.75) is 62.8 Å². The molecule has 2 aromatic heterocycles. The van der Waals surface area contributed by atoms with Gasteiger partial charge in [-0.05, 0) is 43.5 Å². The van der Waals surface area contributed by atoms with E-state index in [0.29, 0.717) is 30.7 Å². The van der Waals surface area contributed by atoms with Crippen molar-refractivity contribution in [3.05, 3.63) is 101 Å². The first kappa shape index (κ1) is 42.2. The van der Waals surface area contributed by atoms with Gasteiger partial charge in [-0.15, -0.1) is 12.4 Å². The van der Waals surface area contributed by atoms with E-state index >= 15 is 0 Å². The summed E-state index contributed by atoms with van der Waals surface area (Å²) in [4.78, 5) is 60.5. The summed E-state index contributed by atoms with van der Waals surface area (Å²) < 4.78 is 22.6. The molecule has 5 rings (SSSR count). The van der Waals surface area contributed by atoms with Crippen LogP contribution < -0.4 is 30.7 Å². The molecule has 1 saturated carbocycles. The zero-order valence-corrected chi connectivity index (χ0v) is 31.4. The van der Waals surface area contributed by atoms with E-state index in [4.69, 9.17) is 18.7 Å². The standard InChI is InChI=1S/C38H45N7O9.ClH/c1-39-29(23-52-21-25-11-7-4-8-12-25)36(49)42-27(19-24-9-5-3-6-10-24)22-53-30-15-17-41-38(51-2)33(30)37(50)43-28(20-32(46)47)35(48)40-18-16-31-44-34(45-54-31)26-13-14-26;/h3-12,15,17,26-29,39H,13-14,16,18-23H2,1-2H3,(H,40,48)(H,42,49)(H,43,50)(H,46,47);1H/t27-,28+,29?;/m1./s1. The van der Waals surface area contributed by atoms with Crippen LogP contribution in [0.4, 0.5) is 0 Å². The number of likely N-dealkylation sites (N-methyl/N-ethyl adjacent to an activating group) is 1. The average Bonchev–Trinajstić information content (AvgIpc) is 3.92. The van der Waals surface area contributed by atoms with Crippen molar-refractivity contribution >= 4 is 36.1 Å². The second-order valence-electron chi connectivity index (χ2n) is 12.7. The third kappa shape index (κ3) is 13.0. The number of amides is 3. The Morgan fingerprint density at radius 3 is 2.29 bits per heavy atom. The molecule has 0 saturated heterocycles. The number of nitrogens with one attached hydrogen (secondary N) is 4. The zero-order chi connectivity index (χ0) is 38.3. The predicted molar refractivity (Wildman–Crippen MR) is 201 cm³/mol. The van der Waals surface area contributed by atoms with Gasteiger partial charge in [-0.2, -0.15) is 4.98 Å². The zero-order valence-electron chi connectivity index (χ0n) is 30.6. The fourth-order valence-corrected chi connectivity index (χ4v) is 5.52. The molecule has 294 valence electrons. The molecule has 0 radical (unpaired) electrons.